The molecule has 1 atom stereocenters. The monoisotopic (exact) mass is 394 g/mol. The number of hydrogen-bond acceptors (Lipinski definition) is 7. The molecule has 0 amide bonds. The van der Waals surface area contributed by atoms with Gasteiger partial charge in [-0.25, -0.2) is 14.5 Å². The van der Waals surface area contributed by atoms with E-state index in [-0.39, 0.29) is 11.7 Å². The van der Waals surface area contributed by atoms with Gasteiger partial charge in [-0.2, -0.15) is 0 Å². The Morgan fingerprint density at radius 2 is 1.90 bits per heavy atom. The molecule has 0 fully saturated rings. The minimum absolute atomic E-state index is 0.130. The highest BCUT2D eigenvalue weighted by molar-refractivity contribution is 5.68. The van der Waals surface area contributed by atoms with Crippen LogP contribution < -0.4 is 4.74 Å². The third-order valence-electron chi connectivity index (χ3n) is 5.15. The molecule has 4 aromatic heterocycles. The Kier molecular flexibility index (Phi) is 3.51. The van der Waals surface area contributed by atoms with Crippen molar-refractivity contribution in [3.05, 3.63) is 90.3 Å². The van der Waals surface area contributed by atoms with Crippen LogP contribution in [-0.4, -0.2) is 34.7 Å². The van der Waals surface area contributed by atoms with Crippen molar-refractivity contribution in [3.63, 3.8) is 0 Å². The van der Waals surface area contributed by atoms with E-state index in [1.165, 1.54) is 0 Å². The first-order valence-corrected chi connectivity index (χ1v) is 9.34. The zero-order valence-corrected chi connectivity index (χ0v) is 15.5. The minimum Gasteiger partial charge on any atom is -0.508 e. The van der Waals surface area contributed by atoms with Gasteiger partial charge in [-0.1, -0.05) is 12.1 Å². The molecular weight excluding hydrogens is 380 g/mol. The van der Waals surface area contributed by atoms with Crippen molar-refractivity contribution < 1.29 is 9.84 Å². The lowest BCUT2D eigenvalue weighted by Crippen LogP contribution is -2.15. The molecule has 8 nitrogen and oxygen atoms in total. The van der Waals surface area contributed by atoms with E-state index in [2.05, 4.69) is 20.1 Å². The number of aromatic nitrogens is 6. The molecule has 5 heterocycles. The number of phenolic OH excluding ortho intramolecular Hbond substituents is 1. The SMILES string of the molecule is Oc1ccc2c(c1)Oc1ncn3nc(-c4ccncc4)nc3c1C2c1cccnc1. The second-order valence-electron chi connectivity index (χ2n) is 6.95. The van der Waals surface area contributed by atoms with Crippen LogP contribution in [-0.2, 0) is 0 Å². The molecule has 30 heavy (non-hydrogen) atoms. The highest BCUT2D eigenvalue weighted by Gasteiger charge is 2.33. The van der Waals surface area contributed by atoms with Crippen molar-refractivity contribution in [2.45, 2.75) is 5.92 Å². The first-order chi connectivity index (χ1) is 14.8. The molecule has 1 unspecified atom stereocenters. The van der Waals surface area contributed by atoms with Crippen LogP contribution in [0.15, 0.2) is 73.6 Å². The van der Waals surface area contributed by atoms with E-state index in [4.69, 9.17) is 9.72 Å². The average molecular weight is 394 g/mol. The van der Waals surface area contributed by atoms with E-state index in [1.807, 2.05) is 36.5 Å². The Balaban J connectivity index is 1.63. The molecule has 6 rings (SSSR count). The lowest BCUT2D eigenvalue weighted by atomic mass is 9.84. The topological polar surface area (TPSA) is 98.3 Å². The summed E-state index contributed by atoms with van der Waals surface area (Å²) in [4.78, 5) is 17.6. The Labute approximate surface area is 170 Å². The molecule has 1 aliphatic heterocycles. The van der Waals surface area contributed by atoms with E-state index < -0.39 is 0 Å². The fourth-order valence-electron chi connectivity index (χ4n) is 3.82. The van der Waals surface area contributed by atoms with Gasteiger partial charge in [-0.05, 0) is 29.8 Å². The molecule has 0 bridgehead atoms. The van der Waals surface area contributed by atoms with Crippen LogP contribution in [0.1, 0.15) is 22.6 Å². The van der Waals surface area contributed by atoms with Crippen molar-refractivity contribution in [1.82, 2.24) is 29.5 Å². The first-order valence-electron chi connectivity index (χ1n) is 9.34. The Hall–Kier alpha value is -4.33. The maximum absolute atomic E-state index is 9.95. The second kappa shape index (κ2) is 6.35. The molecule has 5 aromatic rings. The van der Waals surface area contributed by atoms with Crippen LogP contribution >= 0.6 is 0 Å². The van der Waals surface area contributed by atoms with Crippen LogP contribution in [0.25, 0.3) is 17.0 Å². The summed E-state index contributed by atoms with van der Waals surface area (Å²) in [5.74, 6) is 1.48. The second-order valence-corrected chi connectivity index (χ2v) is 6.95. The molecule has 8 heteroatoms. The highest BCUT2D eigenvalue weighted by atomic mass is 16.5. The third kappa shape index (κ3) is 2.51. The number of phenols is 1. The largest absolute Gasteiger partial charge is 0.508 e. The van der Waals surface area contributed by atoms with Crippen molar-refractivity contribution >= 4 is 5.65 Å². The van der Waals surface area contributed by atoms with Crippen LogP contribution in [0.5, 0.6) is 17.4 Å². The van der Waals surface area contributed by atoms with E-state index in [9.17, 15) is 5.11 Å². The van der Waals surface area contributed by atoms with Gasteiger partial charge < -0.3 is 9.84 Å². The molecule has 1 N–H and O–H groups in total. The van der Waals surface area contributed by atoms with Gasteiger partial charge in [-0.15, -0.1) is 5.10 Å². The van der Waals surface area contributed by atoms with Gasteiger partial charge in [0, 0.05) is 47.9 Å². The molecule has 0 aliphatic carbocycles. The summed E-state index contributed by atoms with van der Waals surface area (Å²) < 4.78 is 7.71. The molecule has 144 valence electrons. The molecule has 0 saturated heterocycles. The van der Waals surface area contributed by atoms with Gasteiger partial charge in [0.1, 0.15) is 17.8 Å². The number of benzene rings is 1. The van der Waals surface area contributed by atoms with Gasteiger partial charge in [0.15, 0.2) is 11.5 Å². The standard InChI is InChI=1S/C22H14N6O2/c29-15-3-4-16-17(10-15)30-22-19(18(16)14-2-1-7-24-11-14)21-26-20(27-28(21)12-25-22)13-5-8-23-9-6-13/h1-12,18,29H. The molecule has 0 radical (unpaired) electrons. The van der Waals surface area contributed by atoms with Crippen molar-refractivity contribution in [1.29, 1.82) is 0 Å². The number of rotatable bonds is 2. The Morgan fingerprint density at radius 1 is 1.00 bits per heavy atom. The van der Waals surface area contributed by atoms with Gasteiger partial charge >= 0.3 is 0 Å². The quantitative estimate of drug-likeness (QED) is 0.479. The predicted octanol–water partition coefficient (Wildman–Crippen LogP) is 3.57. The summed E-state index contributed by atoms with van der Waals surface area (Å²) >= 11 is 0. The lowest BCUT2D eigenvalue weighted by Gasteiger charge is -2.27. The minimum atomic E-state index is -0.219. The zero-order chi connectivity index (χ0) is 20.1. The summed E-state index contributed by atoms with van der Waals surface area (Å²) in [6.45, 7) is 0. The van der Waals surface area contributed by atoms with Gasteiger partial charge in [-0.3, -0.25) is 9.97 Å². The molecule has 0 spiro atoms. The maximum atomic E-state index is 9.95. The molecule has 1 aliphatic rings. The fourth-order valence-corrected chi connectivity index (χ4v) is 3.82. The first kappa shape index (κ1) is 16.6. The normalized spacial score (nSPS) is 14.7. The lowest BCUT2D eigenvalue weighted by molar-refractivity contribution is 0.422. The smallest absolute Gasteiger partial charge is 0.228 e. The third-order valence-corrected chi connectivity index (χ3v) is 5.15. The van der Waals surface area contributed by atoms with Crippen molar-refractivity contribution in [3.8, 4) is 28.8 Å². The van der Waals surface area contributed by atoms with Gasteiger partial charge in [0.25, 0.3) is 0 Å². The summed E-state index contributed by atoms with van der Waals surface area (Å²) in [7, 11) is 0. The predicted molar refractivity (Wildman–Crippen MR) is 107 cm³/mol. The maximum Gasteiger partial charge on any atom is 0.228 e. The van der Waals surface area contributed by atoms with E-state index >= 15 is 0 Å². The number of nitrogens with zero attached hydrogens (tertiary/aromatic N) is 6. The number of hydrogen-bond donors (Lipinski definition) is 1. The fraction of sp³-hybridized carbons (Fsp3) is 0.0455. The van der Waals surface area contributed by atoms with Crippen LogP contribution in [0, 0.1) is 0 Å². The summed E-state index contributed by atoms with van der Waals surface area (Å²) in [5.41, 5.74) is 4.19. The molecule has 1 aromatic carbocycles. The number of fused-ring (bicyclic) bond motifs is 4. The van der Waals surface area contributed by atoms with E-state index in [0.717, 1.165) is 22.3 Å². The van der Waals surface area contributed by atoms with Crippen LogP contribution in [0.2, 0.25) is 0 Å². The Bertz CT molecular complexity index is 1390. The summed E-state index contributed by atoms with van der Waals surface area (Å²) in [6.07, 6.45) is 8.55. The summed E-state index contributed by atoms with van der Waals surface area (Å²) in [6, 6.07) is 12.7. The number of pyridine rings is 2. The zero-order valence-electron chi connectivity index (χ0n) is 15.5. The van der Waals surface area contributed by atoms with E-state index in [0.29, 0.717) is 23.1 Å². The number of ether oxygens (including phenoxy) is 1. The Morgan fingerprint density at radius 3 is 2.73 bits per heavy atom. The van der Waals surface area contributed by atoms with Crippen molar-refractivity contribution in [2.24, 2.45) is 0 Å². The highest BCUT2D eigenvalue weighted by Crippen LogP contribution is 2.48. The average Bonchev–Trinajstić information content (AvgIpc) is 3.23. The van der Waals surface area contributed by atoms with Crippen molar-refractivity contribution in [2.75, 3.05) is 0 Å². The van der Waals surface area contributed by atoms with Crippen LogP contribution in [0.3, 0.4) is 0 Å². The molecular formula is C22H14N6O2. The van der Waals surface area contributed by atoms with Gasteiger partial charge in [0.05, 0.1) is 5.56 Å². The van der Waals surface area contributed by atoms with E-state index in [1.54, 1.807) is 41.6 Å². The summed E-state index contributed by atoms with van der Waals surface area (Å²) in [5, 5.41) is 14.5. The van der Waals surface area contributed by atoms with Crippen LogP contribution in [0.4, 0.5) is 0 Å². The van der Waals surface area contributed by atoms with Gasteiger partial charge in [0.2, 0.25) is 5.88 Å². The number of aromatic hydroxyl groups is 1. The molecule has 0 saturated carbocycles.